The summed E-state index contributed by atoms with van der Waals surface area (Å²) in [6.45, 7) is 4.18. The van der Waals surface area contributed by atoms with Crippen LogP contribution < -0.4 is 5.73 Å². The number of anilines is 1. The normalized spacial score (nSPS) is 10.9. The summed E-state index contributed by atoms with van der Waals surface area (Å²) in [4.78, 5) is 2.27. The maximum Gasteiger partial charge on any atom is 0.0371 e. The van der Waals surface area contributed by atoms with Crippen LogP contribution in [0.1, 0.15) is 18.9 Å². The topological polar surface area (TPSA) is 29.3 Å². The van der Waals surface area contributed by atoms with Gasteiger partial charge in [-0.25, -0.2) is 0 Å². The van der Waals surface area contributed by atoms with E-state index in [1.807, 2.05) is 18.2 Å². The fourth-order valence-electron chi connectivity index (χ4n) is 1.47. The first-order valence-corrected chi connectivity index (χ1v) is 5.66. The van der Waals surface area contributed by atoms with Crippen molar-refractivity contribution in [3.05, 3.63) is 28.2 Å². The van der Waals surface area contributed by atoms with E-state index in [2.05, 4.69) is 34.8 Å². The zero-order valence-electron chi connectivity index (χ0n) is 8.76. The molecule has 1 rings (SSSR count). The number of nitrogens with zero attached hydrogens (tertiary/aromatic N) is 1. The van der Waals surface area contributed by atoms with E-state index in [9.17, 15) is 0 Å². The Balaban J connectivity index is 2.75. The number of hydrogen-bond donors (Lipinski definition) is 1. The molecule has 2 nitrogen and oxygen atoms in total. The minimum absolute atomic E-state index is 0.863. The zero-order chi connectivity index (χ0) is 10.6. The molecule has 0 bridgehead atoms. The molecule has 0 amide bonds. The highest BCUT2D eigenvalue weighted by molar-refractivity contribution is 9.10. The van der Waals surface area contributed by atoms with Crippen LogP contribution in [0.2, 0.25) is 0 Å². The molecule has 0 spiro atoms. The third-order valence-electron chi connectivity index (χ3n) is 2.19. The minimum Gasteiger partial charge on any atom is -0.398 e. The number of nitrogen functional groups attached to an aromatic ring is 1. The van der Waals surface area contributed by atoms with Crippen LogP contribution in [0.15, 0.2) is 22.7 Å². The first kappa shape index (κ1) is 11.5. The van der Waals surface area contributed by atoms with E-state index in [-0.39, 0.29) is 0 Å². The highest BCUT2D eigenvalue weighted by Crippen LogP contribution is 2.23. The average Bonchev–Trinajstić information content (AvgIpc) is 2.12. The lowest BCUT2D eigenvalue weighted by atomic mass is 10.1. The summed E-state index contributed by atoms with van der Waals surface area (Å²) in [5, 5.41) is 0. The van der Waals surface area contributed by atoms with Gasteiger partial charge in [0.1, 0.15) is 0 Å². The number of hydrogen-bond acceptors (Lipinski definition) is 2. The van der Waals surface area contributed by atoms with Crippen LogP contribution in [0.3, 0.4) is 0 Å². The van der Waals surface area contributed by atoms with Crippen LogP contribution in [0.25, 0.3) is 0 Å². The van der Waals surface area contributed by atoms with E-state index >= 15 is 0 Å². The van der Waals surface area contributed by atoms with Crippen LogP contribution in [-0.4, -0.2) is 18.5 Å². The standard InChI is InChI=1S/C11H17BrN2/c1-3-7-14(2)8-9-10(12)5-4-6-11(9)13/h4-6H,3,7-8,13H2,1-2H3. The molecule has 14 heavy (non-hydrogen) atoms. The average molecular weight is 257 g/mol. The summed E-state index contributed by atoms with van der Waals surface area (Å²) in [5.41, 5.74) is 7.96. The lowest BCUT2D eigenvalue weighted by molar-refractivity contribution is 0.327. The zero-order valence-corrected chi connectivity index (χ0v) is 10.3. The summed E-state index contributed by atoms with van der Waals surface area (Å²) >= 11 is 3.52. The maximum atomic E-state index is 5.91. The second-order valence-electron chi connectivity index (χ2n) is 3.55. The lowest BCUT2D eigenvalue weighted by Crippen LogP contribution is -2.19. The molecule has 0 atom stereocenters. The molecule has 0 heterocycles. The van der Waals surface area contributed by atoms with Gasteiger partial charge in [0, 0.05) is 22.3 Å². The van der Waals surface area contributed by atoms with Crippen LogP contribution in [0.4, 0.5) is 5.69 Å². The summed E-state index contributed by atoms with van der Waals surface area (Å²) in [7, 11) is 2.11. The predicted octanol–water partition coefficient (Wildman–Crippen LogP) is 2.87. The van der Waals surface area contributed by atoms with Crippen molar-refractivity contribution in [1.29, 1.82) is 0 Å². The molecule has 0 fully saturated rings. The van der Waals surface area contributed by atoms with Gasteiger partial charge in [0.25, 0.3) is 0 Å². The van der Waals surface area contributed by atoms with Crippen molar-refractivity contribution in [3.8, 4) is 0 Å². The maximum absolute atomic E-state index is 5.91. The van der Waals surface area contributed by atoms with Gasteiger partial charge in [0.2, 0.25) is 0 Å². The second kappa shape index (κ2) is 5.37. The summed E-state index contributed by atoms with van der Waals surface area (Å²) in [6.07, 6.45) is 1.17. The first-order valence-electron chi connectivity index (χ1n) is 4.86. The van der Waals surface area contributed by atoms with Crippen molar-refractivity contribution in [3.63, 3.8) is 0 Å². The molecule has 2 N–H and O–H groups in total. The Hall–Kier alpha value is -0.540. The molecule has 78 valence electrons. The van der Waals surface area contributed by atoms with Crippen molar-refractivity contribution < 1.29 is 0 Å². The van der Waals surface area contributed by atoms with Crippen LogP contribution >= 0.6 is 15.9 Å². The monoisotopic (exact) mass is 256 g/mol. The molecular weight excluding hydrogens is 240 g/mol. The molecule has 1 aromatic rings. The Morgan fingerprint density at radius 1 is 1.43 bits per heavy atom. The van der Waals surface area contributed by atoms with Crippen molar-refractivity contribution >= 4 is 21.6 Å². The Morgan fingerprint density at radius 3 is 2.71 bits per heavy atom. The van der Waals surface area contributed by atoms with Crippen LogP contribution in [0.5, 0.6) is 0 Å². The third-order valence-corrected chi connectivity index (χ3v) is 2.93. The minimum atomic E-state index is 0.863. The molecule has 0 aromatic heterocycles. The van der Waals surface area contributed by atoms with Gasteiger partial charge in [0.05, 0.1) is 0 Å². The Bertz CT molecular complexity index is 279. The van der Waals surface area contributed by atoms with E-state index < -0.39 is 0 Å². The van der Waals surface area contributed by atoms with Crippen molar-refractivity contribution in [2.45, 2.75) is 19.9 Å². The predicted molar refractivity (Wildman–Crippen MR) is 65.2 cm³/mol. The van der Waals surface area contributed by atoms with Gasteiger partial charge in [0.15, 0.2) is 0 Å². The Kier molecular flexibility index (Phi) is 4.42. The fraction of sp³-hybridized carbons (Fsp3) is 0.455. The highest BCUT2D eigenvalue weighted by atomic mass is 79.9. The molecule has 0 unspecified atom stereocenters. The lowest BCUT2D eigenvalue weighted by Gasteiger charge is -2.17. The molecule has 1 aromatic carbocycles. The molecule has 0 radical (unpaired) electrons. The van der Waals surface area contributed by atoms with E-state index in [0.717, 1.165) is 23.2 Å². The van der Waals surface area contributed by atoms with E-state index in [1.165, 1.54) is 12.0 Å². The van der Waals surface area contributed by atoms with Gasteiger partial charge in [-0.15, -0.1) is 0 Å². The SMILES string of the molecule is CCCN(C)Cc1c(N)cccc1Br. The van der Waals surface area contributed by atoms with Gasteiger partial charge in [-0.3, -0.25) is 0 Å². The molecule has 0 aliphatic carbocycles. The summed E-state index contributed by atoms with van der Waals surface area (Å²) in [6, 6.07) is 5.94. The molecular formula is C11H17BrN2. The van der Waals surface area contributed by atoms with Gasteiger partial charge in [-0.05, 0) is 32.1 Å². The van der Waals surface area contributed by atoms with Crippen molar-refractivity contribution in [2.75, 3.05) is 19.3 Å². The number of halogens is 1. The first-order chi connectivity index (χ1) is 6.65. The number of benzene rings is 1. The second-order valence-corrected chi connectivity index (χ2v) is 4.40. The number of rotatable bonds is 4. The fourth-order valence-corrected chi connectivity index (χ4v) is 1.98. The number of nitrogens with two attached hydrogens (primary N) is 1. The van der Waals surface area contributed by atoms with Gasteiger partial charge >= 0.3 is 0 Å². The summed E-state index contributed by atoms with van der Waals surface area (Å²) < 4.78 is 1.10. The van der Waals surface area contributed by atoms with E-state index in [0.29, 0.717) is 0 Å². The molecule has 3 heteroatoms. The molecule has 0 saturated heterocycles. The highest BCUT2D eigenvalue weighted by Gasteiger charge is 2.06. The van der Waals surface area contributed by atoms with Crippen molar-refractivity contribution in [2.24, 2.45) is 0 Å². The largest absolute Gasteiger partial charge is 0.398 e. The molecule has 0 aliphatic heterocycles. The Morgan fingerprint density at radius 2 is 2.14 bits per heavy atom. The Labute approximate surface area is 94.2 Å². The van der Waals surface area contributed by atoms with E-state index in [1.54, 1.807) is 0 Å². The van der Waals surface area contributed by atoms with Gasteiger partial charge in [-0.2, -0.15) is 0 Å². The van der Waals surface area contributed by atoms with Crippen molar-refractivity contribution in [1.82, 2.24) is 4.90 Å². The quantitative estimate of drug-likeness (QED) is 0.840. The third kappa shape index (κ3) is 3.00. The molecule has 0 saturated carbocycles. The van der Waals surface area contributed by atoms with Gasteiger partial charge < -0.3 is 10.6 Å². The summed E-state index contributed by atoms with van der Waals surface area (Å²) in [5.74, 6) is 0. The van der Waals surface area contributed by atoms with Crippen LogP contribution in [0, 0.1) is 0 Å². The van der Waals surface area contributed by atoms with E-state index in [4.69, 9.17) is 5.73 Å². The molecule has 0 aliphatic rings. The van der Waals surface area contributed by atoms with Crippen LogP contribution in [-0.2, 0) is 6.54 Å². The smallest absolute Gasteiger partial charge is 0.0371 e. The van der Waals surface area contributed by atoms with Gasteiger partial charge in [-0.1, -0.05) is 28.9 Å².